The van der Waals surface area contributed by atoms with Gasteiger partial charge in [0.15, 0.2) is 11.0 Å². The van der Waals surface area contributed by atoms with Crippen molar-refractivity contribution in [1.29, 1.82) is 0 Å². The SMILES string of the molecule is Fc1ccc(-c2cncc3[nH]c(-c4n[nH]c5cnc(-c6cncc(CN7CCCC7)c6)cc45)nc23)s1. The van der Waals surface area contributed by atoms with Crippen LogP contribution in [0, 0.1) is 5.13 Å². The Labute approximate surface area is 209 Å². The highest BCUT2D eigenvalue weighted by molar-refractivity contribution is 7.14. The number of halogens is 1. The quantitative estimate of drug-likeness (QED) is 0.331. The van der Waals surface area contributed by atoms with Gasteiger partial charge in [-0.25, -0.2) is 4.98 Å². The number of rotatable bonds is 5. The summed E-state index contributed by atoms with van der Waals surface area (Å²) in [6.45, 7) is 3.19. The average Bonchev–Trinajstić information content (AvgIpc) is 3.70. The van der Waals surface area contributed by atoms with Gasteiger partial charge >= 0.3 is 0 Å². The molecular formula is C26H21FN8S. The maximum absolute atomic E-state index is 13.7. The molecule has 6 aromatic heterocycles. The maximum atomic E-state index is 13.7. The molecule has 178 valence electrons. The third-order valence-electron chi connectivity index (χ3n) is 6.60. The predicted octanol–water partition coefficient (Wildman–Crippen LogP) is 5.42. The summed E-state index contributed by atoms with van der Waals surface area (Å²) >= 11 is 1.08. The van der Waals surface area contributed by atoms with Gasteiger partial charge in [0, 0.05) is 46.5 Å². The lowest BCUT2D eigenvalue weighted by molar-refractivity contribution is 0.331. The van der Waals surface area contributed by atoms with Gasteiger partial charge in [0.2, 0.25) is 0 Å². The van der Waals surface area contributed by atoms with Crippen LogP contribution in [0.3, 0.4) is 0 Å². The van der Waals surface area contributed by atoms with E-state index >= 15 is 0 Å². The molecule has 0 bridgehead atoms. The number of aromatic amines is 2. The van der Waals surface area contributed by atoms with E-state index in [1.54, 1.807) is 24.7 Å². The standard InChI is InChI=1S/C26H21FN8S/c27-23-4-3-22(36-23)18-11-29-12-21-24(18)32-26(31-21)25-17-8-19(30-13-20(17)33-34-25)16-7-15(9-28-10-16)14-35-5-1-2-6-35/h3-4,7-13H,1-2,5-6,14H2,(H,31,32)(H,33,34). The van der Waals surface area contributed by atoms with Gasteiger partial charge in [-0.2, -0.15) is 9.49 Å². The number of nitrogens with one attached hydrogen (secondary N) is 2. The summed E-state index contributed by atoms with van der Waals surface area (Å²) in [6, 6.07) is 7.39. The number of pyridine rings is 3. The largest absolute Gasteiger partial charge is 0.335 e. The zero-order chi connectivity index (χ0) is 24.1. The molecule has 0 atom stereocenters. The molecule has 8 nitrogen and oxygen atoms in total. The van der Waals surface area contributed by atoms with Crippen LogP contribution in [0.4, 0.5) is 4.39 Å². The Morgan fingerprint density at radius 1 is 0.972 bits per heavy atom. The van der Waals surface area contributed by atoms with E-state index in [9.17, 15) is 4.39 Å². The first-order valence-corrected chi connectivity index (χ1v) is 12.6. The summed E-state index contributed by atoms with van der Waals surface area (Å²) in [7, 11) is 0. The number of nitrogens with zero attached hydrogens (tertiary/aromatic N) is 6. The lowest BCUT2D eigenvalue weighted by atomic mass is 10.1. The van der Waals surface area contributed by atoms with Crippen molar-refractivity contribution in [2.75, 3.05) is 13.1 Å². The minimum Gasteiger partial charge on any atom is -0.335 e. The molecule has 0 aliphatic carbocycles. The summed E-state index contributed by atoms with van der Waals surface area (Å²) in [5.74, 6) is 0.612. The Morgan fingerprint density at radius 3 is 2.72 bits per heavy atom. The minimum atomic E-state index is -0.241. The number of hydrogen-bond acceptors (Lipinski definition) is 7. The predicted molar refractivity (Wildman–Crippen MR) is 138 cm³/mol. The highest BCUT2D eigenvalue weighted by atomic mass is 32.1. The van der Waals surface area contributed by atoms with Crippen LogP contribution in [-0.2, 0) is 6.54 Å². The summed E-state index contributed by atoms with van der Waals surface area (Å²) in [5.41, 5.74) is 6.76. The molecule has 0 amide bonds. The first-order chi connectivity index (χ1) is 17.7. The van der Waals surface area contributed by atoms with Gasteiger partial charge in [-0.1, -0.05) is 0 Å². The smallest absolute Gasteiger partial charge is 0.176 e. The molecule has 0 aromatic carbocycles. The minimum absolute atomic E-state index is 0.241. The van der Waals surface area contributed by atoms with Crippen LogP contribution < -0.4 is 0 Å². The molecule has 0 radical (unpaired) electrons. The van der Waals surface area contributed by atoms with Gasteiger partial charge < -0.3 is 4.98 Å². The number of fused-ring (bicyclic) bond motifs is 2. The van der Waals surface area contributed by atoms with E-state index < -0.39 is 0 Å². The number of hydrogen-bond donors (Lipinski definition) is 2. The first kappa shape index (κ1) is 21.3. The van der Waals surface area contributed by atoms with Crippen molar-refractivity contribution in [3.8, 4) is 33.2 Å². The van der Waals surface area contributed by atoms with Crippen molar-refractivity contribution < 1.29 is 4.39 Å². The van der Waals surface area contributed by atoms with E-state index in [0.29, 0.717) is 11.5 Å². The van der Waals surface area contributed by atoms with Crippen molar-refractivity contribution >= 4 is 33.3 Å². The van der Waals surface area contributed by atoms with Crippen LogP contribution in [0.5, 0.6) is 0 Å². The number of aromatic nitrogens is 7. The zero-order valence-electron chi connectivity index (χ0n) is 19.2. The number of thiophene rings is 1. The fourth-order valence-electron chi connectivity index (χ4n) is 4.85. The summed E-state index contributed by atoms with van der Waals surface area (Å²) in [4.78, 5) is 24.9. The fraction of sp³-hybridized carbons (Fsp3) is 0.192. The average molecular weight is 497 g/mol. The zero-order valence-corrected chi connectivity index (χ0v) is 20.0. The van der Waals surface area contributed by atoms with Gasteiger partial charge in [-0.15, -0.1) is 11.3 Å². The molecule has 1 aliphatic heterocycles. The second-order valence-electron chi connectivity index (χ2n) is 9.02. The molecule has 0 unspecified atom stereocenters. The molecule has 7 heterocycles. The molecule has 36 heavy (non-hydrogen) atoms. The van der Waals surface area contributed by atoms with E-state index in [0.717, 1.165) is 74.6 Å². The Balaban J connectivity index is 1.28. The molecule has 0 spiro atoms. The van der Waals surface area contributed by atoms with Crippen molar-refractivity contribution in [3.63, 3.8) is 0 Å². The van der Waals surface area contributed by atoms with Crippen LogP contribution in [0.2, 0.25) is 0 Å². The molecule has 2 N–H and O–H groups in total. The Morgan fingerprint density at radius 2 is 1.86 bits per heavy atom. The van der Waals surface area contributed by atoms with E-state index in [1.165, 1.54) is 24.5 Å². The van der Waals surface area contributed by atoms with Crippen LogP contribution in [0.25, 0.3) is 55.2 Å². The highest BCUT2D eigenvalue weighted by Crippen LogP contribution is 2.34. The van der Waals surface area contributed by atoms with Crippen molar-refractivity contribution in [1.82, 2.24) is 40.0 Å². The molecular weight excluding hydrogens is 475 g/mol. The third kappa shape index (κ3) is 3.75. The normalized spacial score (nSPS) is 14.4. The van der Waals surface area contributed by atoms with Crippen LogP contribution >= 0.6 is 11.3 Å². The van der Waals surface area contributed by atoms with E-state index in [2.05, 4.69) is 41.1 Å². The second kappa shape index (κ2) is 8.58. The first-order valence-electron chi connectivity index (χ1n) is 11.8. The molecule has 0 saturated carbocycles. The number of likely N-dealkylation sites (tertiary alicyclic amines) is 1. The number of imidazole rings is 1. The van der Waals surface area contributed by atoms with E-state index in [1.807, 2.05) is 18.5 Å². The van der Waals surface area contributed by atoms with Gasteiger partial charge in [0.25, 0.3) is 0 Å². The van der Waals surface area contributed by atoms with Gasteiger partial charge in [-0.3, -0.25) is 25.0 Å². The molecule has 6 aromatic rings. The fourth-order valence-corrected chi connectivity index (χ4v) is 5.59. The third-order valence-corrected chi connectivity index (χ3v) is 7.51. The van der Waals surface area contributed by atoms with Crippen molar-refractivity contribution in [2.24, 2.45) is 0 Å². The van der Waals surface area contributed by atoms with Gasteiger partial charge in [0.05, 0.1) is 29.1 Å². The van der Waals surface area contributed by atoms with E-state index in [4.69, 9.17) is 4.98 Å². The van der Waals surface area contributed by atoms with E-state index in [-0.39, 0.29) is 5.13 Å². The Bertz CT molecular complexity index is 1710. The number of H-pyrrole nitrogens is 2. The van der Waals surface area contributed by atoms with Crippen LogP contribution in [0.1, 0.15) is 18.4 Å². The van der Waals surface area contributed by atoms with Crippen molar-refractivity contribution in [2.45, 2.75) is 19.4 Å². The molecule has 7 rings (SSSR count). The Kier molecular flexibility index (Phi) is 5.07. The topological polar surface area (TPSA) is 99.3 Å². The maximum Gasteiger partial charge on any atom is 0.176 e. The molecule has 1 fully saturated rings. The molecule has 1 saturated heterocycles. The second-order valence-corrected chi connectivity index (χ2v) is 10.1. The van der Waals surface area contributed by atoms with Gasteiger partial charge in [0.1, 0.15) is 11.2 Å². The summed E-state index contributed by atoms with van der Waals surface area (Å²) in [5, 5.41) is 8.25. The van der Waals surface area contributed by atoms with Gasteiger partial charge in [-0.05, 0) is 55.8 Å². The monoisotopic (exact) mass is 496 g/mol. The summed E-state index contributed by atoms with van der Waals surface area (Å²) < 4.78 is 13.7. The lowest BCUT2D eigenvalue weighted by Gasteiger charge is -2.14. The highest BCUT2D eigenvalue weighted by Gasteiger charge is 2.18. The van der Waals surface area contributed by atoms with Crippen LogP contribution in [0.15, 0.2) is 55.2 Å². The molecule has 1 aliphatic rings. The van der Waals surface area contributed by atoms with Crippen molar-refractivity contribution in [3.05, 3.63) is 65.9 Å². The lowest BCUT2D eigenvalue weighted by Crippen LogP contribution is -2.18. The molecule has 10 heteroatoms. The van der Waals surface area contributed by atoms with Crippen LogP contribution in [-0.4, -0.2) is 53.1 Å². The summed E-state index contributed by atoms with van der Waals surface area (Å²) in [6.07, 6.45) is 11.5. The Hall–Kier alpha value is -4.02.